The largest absolute Gasteiger partial charge is 0.397 e. The van der Waals surface area contributed by atoms with Crippen molar-refractivity contribution in [1.82, 2.24) is 0 Å². The fourth-order valence-electron chi connectivity index (χ4n) is 5.65. The van der Waals surface area contributed by atoms with Crippen molar-refractivity contribution in [1.29, 1.82) is 0 Å². The molecule has 0 unspecified atom stereocenters. The topological polar surface area (TPSA) is 29.3 Å². The van der Waals surface area contributed by atoms with Gasteiger partial charge in [0, 0.05) is 13.1 Å². The molecule has 2 heteroatoms. The third-order valence-electron chi connectivity index (χ3n) is 6.19. The van der Waals surface area contributed by atoms with E-state index in [1.54, 1.807) is 0 Å². The maximum Gasteiger partial charge on any atom is 0.0602 e. The number of anilines is 2. The lowest BCUT2D eigenvalue weighted by Gasteiger charge is -2.57. The normalized spacial score (nSPS) is 38.2. The van der Waals surface area contributed by atoms with Gasteiger partial charge in [-0.3, -0.25) is 0 Å². The molecule has 0 spiro atoms. The minimum atomic E-state index is 0.729. The van der Waals surface area contributed by atoms with Gasteiger partial charge < -0.3 is 10.6 Å². The number of rotatable bonds is 2. The summed E-state index contributed by atoms with van der Waals surface area (Å²) in [5.41, 5.74) is 9.74. The molecule has 2 nitrogen and oxygen atoms in total. The van der Waals surface area contributed by atoms with E-state index >= 15 is 0 Å². The van der Waals surface area contributed by atoms with E-state index in [1.165, 1.54) is 43.4 Å². The Morgan fingerprint density at radius 1 is 1.00 bits per heavy atom. The number of nitrogen functional groups attached to an aromatic ring is 1. The van der Waals surface area contributed by atoms with Crippen molar-refractivity contribution in [3.05, 3.63) is 23.8 Å². The zero-order valence-corrected chi connectivity index (χ0v) is 12.7. The van der Waals surface area contributed by atoms with Gasteiger partial charge in [-0.2, -0.15) is 0 Å². The van der Waals surface area contributed by atoms with Crippen LogP contribution in [0.4, 0.5) is 11.4 Å². The van der Waals surface area contributed by atoms with E-state index in [4.69, 9.17) is 5.73 Å². The number of aryl methyl sites for hydroxylation is 1. The molecule has 0 amide bonds. The summed E-state index contributed by atoms with van der Waals surface area (Å²) in [6.45, 7) is 2.16. The quantitative estimate of drug-likeness (QED) is 0.827. The number of hydrogen-bond acceptors (Lipinski definition) is 2. The number of nitrogens with zero attached hydrogens (tertiary/aromatic N) is 1. The van der Waals surface area contributed by atoms with Gasteiger partial charge in [-0.25, -0.2) is 0 Å². The van der Waals surface area contributed by atoms with Crippen LogP contribution in [0, 0.1) is 30.6 Å². The molecule has 0 radical (unpaired) electrons. The molecule has 20 heavy (non-hydrogen) atoms. The maximum atomic E-state index is 6.24. The number of nitrogens with two attached hydrogens (primary N) is 1. The van der Waals surface area contributed by atoms with Crippen LogP contribution >= 0.6 is 0 Å². The minimum Gasteiger partial charge on any atom is -0.397 e. The van der Waals surface area contributed by atoms with E-state index in [1.807, 2.05) is 0 Å². The Labute approximate surface area is 122 Å². The smallest absolute Gasteiger partial charge is 0.0602 e. The van der Waals surface area contributed by atoms with Gasteiger partial charge in [0.2, 0.25) is 0 Å². The molecule has 4 bridgehead atoms. The molecule has 108 valence electrons. The highest BCUT2D eigenvalue weighted by molar-refractivity contribution is 5.68. The molecular formula is C18H26N2. The van der Waals surface area contributed by atoms with Crippen molar-refractivity contribution >= 4 is 11.4 Å². The van der Waals surface area contributed by atoms with Gasteiger partial charge in [-0.15, -0.1) is 0 Å². The Bertz CT molecular complexity index is 494. The molecule has 1 aromatic rings. The minimum absolute atomic E-state index is 0.729. The summed E-state index contributed by atoms with van der Waals surface area (Å²) in [4.78, 5) is 2.52. The predicted molar refractivity (Wildman–Crippen MR) is 84.8 cm³/mol. The first-order chi connectivity index (χ1) is 9.61. The molecule has 4 fully saturated rings. The first-order valence-electron chi connectivity index (χ1n) is 8.20. The average molecular weight is 270 g/mol. The summed E-state index contributed by atoms with van der Waals surface area (Å²) in [6.07, 6.45) is 7.39. The molecule has 4 saturated carbocycles. The average Bonchev–Trinajstić information content (AvgIpc) is 2.40. The summed E-state index contributed by atoms with van der Waals surface area (Å²) in [5, 5.41) is 0. The fourth-order valence-corrected chi connectivity index (χ4v) is 5.65. The molecule has 1 aromatic carbocycles. The molecule has 2 N–H and O–H groups in total. The van der Waals surface area contributed by atoms with Crippen molar-refractivity contribution in [3.8, 4) is 0 Å². The van der Waals surface area contributed by atoms with Gasteiger partial charge in [-0.05, 0) is 80.4 Å². The molecule has 0 aromatic heterocycles. The second-order valence-electron chi connectivity index (χ2n) is 7.59. The lowest BCUT2D eigenvalue weighted by molar-refractivity contribution is -0.00118. The SMILES string of the molecule is Cc1ccc(N)c(N(C)C2C3CC4CC(C3)CC2C4)c1. The first-order valence-corrected chi connectivity index (χ1v) is 8.20. The Balaban J connectivity index is 1.65. The molecular weight excluding hydrogens is 244 g/mol. The molecule has 4 aliphatic carbocycles. The van der Waals surface area contributed by atoms with Gasteiger partial charge in [-0.1, -0.05) is 6.07 Å². The summed E-state index contributed by atoms with van der Waals surface area (Å²) in [6, 6.07) is 7.17. The van der Waals surface area contributed by atoms with Crippen molar-refractivity contribution in [2.75, 3.05) is 17.7 Å². The van der Waals surface area contributed by atoms with Crippen LogP contribution in [-0.4, -0.2) is 13.1 Å². The van der Waals surface area contributed by atoms with E-state index in [0.29, 0.717) is 0 Å². The zero-order valence-electron chi connectivity index (χ0n) is 12.7. The highest BCUT2D eigenvalue weighted by Crippen LogP contribution is 2.55. The molecule has 4 aliphatic rings. The Hall–Kier alpha value is -1.18. The first kappa shape index (κ1) is 12.6. The van der Waals surface area contributed by atoms with Gasteiger partial charge in [0.1, 0.15) is 0 Å². The Morgan fingerprint density at radius 3 is 2.20 bits per heavy atom. The third kappa shape index (κ3) is 1.84. The monoisotopic (exact) mass is 270 g/mol. The van der Waals surface area contributed by atoms with Gasteiger partial charge in [0.05, 0.1) is 11.4 Å². The second kappa shape index (κ2) is 4.41. The van der Waals surface area contributed by atoms with Crippen molar-refractivity contribution in [2.24, 2.45) is 23.7 Å². The van der Waals surface area contributed by atoms with Crippen molar-refractivity contribution in [2.45, 2.75) is 45.1 Å². The van der Waals surface area contributed by atoms with Crippen LogP contribution in [0.3, 0.4) is 0 Å². The van der Waals surface area contributed by atoms with Crippen LogP contribution in [0.1, 0.15) is 37.7 Å². The van der Waals surface area contributed by atoms with E-state index in [-0.39, 0.29) is 0 Å². The molecule has 0 saturated heterocycles. The summed E-state index contributed by atoms with van der Waals surface area (Å²) in [7, 11) is 2.28. The fraction of sp³-hybridized carbons (Fsp3) is 0.667. The standard InChI is InChI=1S/C18H26N2/c1-11-3-4-16(19)17(5-11)20(2)18-14-7-12-6-13(9-14)10-15(18)8-12/h3-5,12-15,18H,6-10,19H2,1-2H3. The van der Waals surface area contributed by atoms with Crippen LogP contribution in [0.15, 0.2) is 18.2 Å². The lowest BCUT2D eigenvalue weighted by Crippen LogP contribution is -2.55. The van der Waals surface area contributed by atoms with Gasteiger partial charge >= 0.3 is 0 Å². The summed E-state index contributed by atoms with van der Waals surface area (Å²) in [5.74, 6) is 3.90. The van der Waals surface area contributed by atoms with E-state index in [0.717, 1.165) is 35.4 Å². The molecule has 0 atom stereocenters. The molecule has 0 aliphatic heterocycles. The molecule has 5 rings (SSSR count). The molecule has 0 heterocycles. The van der Waals surface area contributed by atoms with E-state index < -0.39 is 0 Å². The summed E-state index contributed by atoms with van der Waals surface area (Å²) >= 11 is 0. The van der Waals surface area contributed by atoms with Crippen molar-refractivity contribution in [3.63, 3.8) is 0 Å². The van der Waals surface area contributed by atoms with Crippen molar-refractivity contribution < 1.29 is 0 Å². The number of benzene rings is 1. The lowest BCUT2D eigenvalue weighted by atomic mass is 9.54. The maximum absolute atomic E-state index is 6.24. The van der Waals surface area contributed by atoms with Crippen LogP contribution in [-0.2, 0) is 0 Å². The van der Waals surface area contributed by atoms with Crippen LogP contribution in [0.2, 0.25) is 0 Å². The Kier molecular flexibility index (Phi) is 2.77. The highest BCUT2D eigenvalue weighted by atomic mass is 15.2. The number of hydrogen-bond donors (Lipinski definition) is 1. The summed E-state index contributed by atoms with van der Waals surface area (Å²) < 4.78 is 0. The third-order valence-corrected chi connectivity index (χ3v) is 6.19. The van der Waals surface area contributed by atoms with E-state index in [9.17, 15) is 0 Å². The second-order valence-corrected chi connectivity index (χ2v) is 7.59. The predicted octanol–water partition coefficient (Wildman–Crippen LogP) is 3.84. The van der Waals surface area contributed by atoms with E-state index in [2.05, 4.69) is 37.1 Å². The highest BCUT2D eigenvalue weighted by Gasteiger charge is 2.49. The van der Waals surface area contributed by atoms with Crippen LogP contribution in [0.25, 0.3) is 0 Å². The Morgan fingerprint density at radius 2 is 1.60 bits per heavy atom. The van der Waals surface area contributed by atoms with Crippen LogP contribution in [0.5, 0.6) is 0 Å². The van der Waals surface area contributed by atoms with Gasteiger partial charge in [0.15, 0.2) is 0 Å². The van der Waals surface area contributed by atoms with Crippen LogP contribution < -0.4 is 10.6 Å². The zero-order chi connectivity index (χ0) is 13.9. The van der Waals surface area contributed by atoms with Gasteiger partial charge in [0.25, 0.3) is 0 Å².